The number of carbonyl (C=O) groups is 1. The lowest BCUT2D eigenvalue weighted by Gasteiger charge is -2.05. The van der Waals surface area contributed by atoms with E-state index in [9.17, 15) is 4.79 Å². The molecule has 3 nitrogen and oxygen atoms in total. The Labute approximate surface area is 132 Å². The molecule has 21 heavy (non-hydrogen) atoms. The Hall–Kier alpha value is -2.25. The molecule has 2 rings (SSSR count). The third-order valence-corrected chi connectivity index (χ3v) is 3.22. The molecule has 0 spiro atoms. The van der Waals surface area contributed by atoms with Crippen LogP contribution in [0.25, 0.3) is 0 Å². The van der Waals surface area contributed by atoms with E-state index in [1.165, 1.54) is 0 Å². The van der Waals surface area contributed by atoms with Gasteiger partial charge >= 0.3 is 0 Å². The summed E-state index contributed by atoms with van der Waals surface area (Å²) in [5, 5.41) is 0. The number of methoxy groups -OCH3 is 1. The Bertz CT molecular complexity index is 699. The van der Waals surface area contributed by atoms with E-state index in [-0.39, 0.29) is 6.61 Å². The second-order valence-electron chi connectivity index (χ2n) is 4.09. The molecule has 0 fully saturated rings. The first-order valence-electron chi connectivity index (χ1n) is 6.24. The van der Waals surface area contributed by atoms with Gasteiger partial charge in [-0.15, -0.1) is 0 Å². The molecular weight excluding hydrogens is 332 g/mol. The van der Waals surface area contributed by atoms with Crippen LogP contribution in [0.5, 0.6) is 11.5 Å². The van der Waals surface area contributed by atoms with Crippen LogP contribution in [-0.4, -0.2) is 20.0 Å². The highest BCUT2D eigenvalue weighted by Crippen LogP contribution is 2.21. The van der Waals surface area contributed by atoms with Gasteiger partial charge in [-0.05, 0) is 30.3 Å². The fourth-order valence-corrected chi connectivity index (χ4v) is 2.11. The molecule has 0 aliphatic rings. The first-order chi connectivity index (χ1) is 10.2. The van der Waals surface area contributed by atoms with Gasteiger partial charge in [0.15, 0.2) is 6.29 Å². The summed E-state index contributed by atoms with van der Waals surface area (Å²) in [6.07, 6.45) is 0.758. The maximum atomic E-state index is 11.0. The van der Waals surface area contributed by atoms with Crippen molar-refractivity contribution in [1.29, 1.82) is 0 Å². The Kier molecular flexibility index (Phi) is 5.42. The van der Waals surface area contributed by atoms with Crippen LogP contribution >= 0.6 is 15.9 Å². The summed E-state index contributed by atoms with van der Waals surface area (Å²) >= 11 is 3.31. The number of carbonyl (C=O) groups excluding carboxylic acids is 1. The number of hydrogen-bond donors (Lipinski definition) is 0. The number of ether oxygens (including phenoxy) is 2. The molecule has 0 aliphatic carbocycles. The van der Waals surface area contributed by atoms with Crippen LogP contribution in [0.1, 0.15) is 15.9 Å². The van der Waals surface area contributed by atoms with Crippen LogP contribution in [0.15, 0.2) is 46.9 Å². The molecule has 0 heterocycles. The molecule has 0 amide bonds. The summed E-state index contributed by atoms with van der Waals surface area (Å²) in [6, 6.07) is 12.8. The molecule has 0 aliphatic heterocycles. The smallest absolute Gasteiger partial charge is 0.153 e. The van der Waals surface area contributed by atoms with Crippen molar-refractivity contribution < 1.29 is 14.3 Å². The zero-order valence-corrected chi connectivity index (χ0v) is 13.0. The van der Waals surface area contributed by atoms with Gasteiger partial charge in [0.25, 0.3) is 0 Å². The SMILES string of the molecule is COc1ccccc1C#CCOc1ccc(Br)cc1C=O. The second kappa shape index (κ2) is 7.51. The van der Waals surface area contributed by atoms with Crippen LogP contribution in [0.3, 0.4) is 0 Å². The zero-order valence-electron chi connectivity index (χ0n) is 11.4. The van der Waals surface area contributed by atoms with Crippen molar-refractivity contribution in [3.05, 3.63) is 58.1 Å². The summed E-state index contributed by atoms with van der Waals surface area (Å²) in [6.45, 7) is 0.195. The molecule has 0 saturated carbocycles. The molecule has 4 heteroatoms. The highest BCUT2D eigenvalue weighted by atomic mass is 79.9. The maximum Gasteiger partial charge on any atom is 0.153 e. The summed E-state index contributed by atoms with van der Waals surface area (Å²) in [5.74, 6) is 7.14. The molecule has 106 valence electrons. The van der Waals surface area contributed by atoms with Gasteiger partial charge in [0.2, 0.25) is 0 Å². The Morgan fingerprint density at radius 3 is 2.76 bits per heavy atom. The Balaban J connectivity index is 2.05. The van der Waals surface area contributed by atoms with E-state index >= 15 is 0 Å². The minimum Gasteiger partial charge on any atom is -0.495 e. The average Bonchev–Trinajstić information content (AvgIpc) is 2.52. The van der Waals surface area contributed by atoms with Crippen LogP contribution in [0.4, 0.5) is 0 Å². The van der Waals surface area contributed by atoms with Crippen molar-refractivity contribution in [3.63, 3.8) is 0 Å². The third-order valence-electron chi connectivity index (χ3n) is 2.73. The molecule has 2 aromatic rings. The minimum absolute atomic E-state index is 0.195. The molecule has 0 bridgehead atoms. The monoisotopic (exact) mass is 344 g/mol. The molecule has 0 saturated heterocycles. The van der Waals surface area contributed by atoms with Gasteiger partial charge < -0.3 is 9.47 Å². The predicted octanol–water partition coefficient (Wildman–Crippen LogP) is 3.70. The van der Waals surface area contributed by atoms with Crippen LogP contribution < -0.4 is 9.47 Å². The highest BCUT2D eigenvalue weighted by Gasteiger charge is 2.02. The number of halogens is 1. The van der Waals surface area contributed by atoms with Gasteiger partial charge in [0.1, 0.15) is 18.1 Å². The van der Waals surface area contributed by atoms with E-state index in [1.807, 2.05) is 30.3 Å². The maximum absolute atomic E-state index is 11.0. The minimum atomic E-state index is 0.195. The standard InChI is InChI=1S/C17H13BrO3/c1-20-16-7-3-2-5-13(16)6-4-10-21-17-9-8-15(18)11-14(17)12-19/h2-3,5,7-9,11-12H,10H2,1H3. The molecule has 0 aromatic heterocycles. The van der Waals surface area contributed by atoms with Crippen LogP contribution in [0, 0.1) is 11.8 Å². The lowest BCUT2D eigenvalue weighted by molar-refractivity contribution is 0.112. The van der Waals surface area contributed by atoms with Gasteiger partial charge in [-0.1, -0.05) is 39.9 Å². The van der Waals surface area contributed by atoms with Crippen molar-refractivity contribution in [2.75, 3.05) is 13.7 Å². The second-order valence-corrected chi connectivity index (χ2v) is 5.01. The number of benzene rings is 2. The number of rotatable bonds is 4. The summed E-state index contributed by atoms with van der Waals surface area (Å²) in [7, 11) is 1.61. The van der Waals surface area contributed by atoms with E-state index < -0.39 is 0 Å². The topological polar surface area (TPSA) is 35.5 Å². The lowest BCUT2D eigenvalue weighted by atomic mass is 10.2. The van der Waals surface area contributed by atoms with Crippen molar-refractivity contribution in [1.82, 2.24) is 0 Å². The summed E-state index contributed by atoms with van der Waals surface area (Å²) in [5.41, 5.74) is 1.29. The number of hydrogen-bond acceptors (Lipinski definition) is 3. The van der Waals surface area contributed by atoms with E-state index in [1.54, 1.807) is 19.2 Å². The van der Waals surface area contributed by atoms with Gasteiger partial charge in [0.05, 0.1) is 18.2 Å². The van der Waals surface area contributed by atoms with Crippen LogP contribution in [0.2, 0.25) is 0 Å². The first kappa shape index (κ1) is 15.1. The van der Waals surface area contributed by atoms with Gasteiger partial charge in [-0.25, -0.2) is 0 Å². The number of para-hydroxylation sites is 1. The van der Waals surface area contributed by atoms with Crippen molar-refractivity contribution in [2.24, 2.45) is 0 Å². The summed E-state index contributed by atoms with van der Waals surface area (Å²) < 4.78 is 11.6. The quantitative estimate of drug-likeness (QED) is 0.626. The van der Waals surface area contributed by atoms with Crippen molar-refractivity contribution >= 4 is 22.2 Å². The fraction of sp³-hybridized carbons (Fsp3) is 0.118. The number of aldehydes is 1. The van der Waals surface area contributed by atoms with Crippen molar-refractivity contribution in [3.8, 4) is 23.3 Å². The molecular formula is C17H13BrO3. The largest absolute Gasteiger partial charge is 0.495 e. The zero-order chi connectivity index (χ0) is 15.1. The molecule has 0 unspecified atom stereocenters. The van der Waals surface area contributed by atoms with Gasteiger partial charge in [-0.3, -0.25) is 4.79 Å². The van der Waals surface area contributed by atoms with Crippen LogP contribution in [-0.2, 0) is 0 Å². The summed E-state index contributed by atoms with van der Waals surface area (Å²) in [4.78, 5) is 11.0. The molecule has 0 N–H and O–H groups in total. The average molecular weight is 345 g/mol. The normalized spacial score (nSPS) is 9.43. The van der Waals surface area contributed by atoms with Gasteiger partial charge in [-0.2, -0.15) is 0 Å². The third kappa shape index (κ3) is 4.11. The van der Waals surface area contributed by atoms with E-state index in [4.69, 9.17) is 9.47 Å². The van der Waals surface area contributed by atoms with E-state index in [0.29, 0.717) is 11.3 Å². The Morgan fingerprint density at radius 1 is 1.19 bits per heavy atom. The highest BCUT2D eigenvalue weighted by molar-refractivity contribution is 9.10. The molecule has 2 aromatic carbocycles. The van der Waals surface area contributed by atoms with Gasteiger partial charge in [0, 0.05) is 4.47 Å². The van der Waals surface area contributed by atoms with E-state index in [2.05, 4.69) is 27.8 Å². The van der Waals surface area contributed by atoms with Crippen molar-refractivity contribution in [2.45, 2.75) is 0 Å². The molecule has 0 atom stereocenters. The fourth-order valence-electron chi connectivity index (χ4n) is 1.74. The molecule has 0 radical (unpaired) electrons. The van der Waals surface area contributed by atoms with E-state index in [0.717, 1.165) is 22.1 Å². The predicted molar refractivity (Wildman–Crippen MR) is 84.9 cm³/mol. The first-order valence-corrected chi connectivity index (χ1v) is 7.03. The lowest BCUT2D eigenvalue weighted by Crippen LogP contribution is -1.97. The Morgan fingerprint density at radius 2 is 2.00 bits per heavy atom.